The maximum Gasteiger partial charge on any atom is 0.267 e. The number of fused-ring (bicyclic) bond motifs is 1. The van der Waals surface area contributed by atoms with Gasteiger partial charge in [-0.05, 0) is 43.7 Å². The fourth-order valence-corrected chi connectivity index (χ4v) is 5.58. The Bertz CT molecular complexity index is 1400. The van der Waals surface area contributed by atoms with Gasteiger partial charge in [0.05, 0.1) is 30.2 Å². The summed E-state index contributed by atoms with van der Waals surface area (Å²) in [4.78, 5) is 35.8. The summed E-state index contributed by atoms with van der Waals surface area (Å²) in [6, 6.07) is 13.5. The van der Waals surface area contributed by atoms with Crippen LogP contribution in [0.1, 0.15) is 23.1 Å². The van der Waals surface area contributed by atoms with Gasteiger partial charge in [-0.2, -0.15) is 0 Å². The number of hydrogen-bond donors (Lipinski definition) is 1. The van der Waals surface area contributed by atoms with Crippen LogP contribution in [0.2, 0.25) is 0 Å². The fraction of sp³-hybridized carbons (Fsp3) is 0.333. The van der Waals surface area contributed by atoms with Crippen molar-refractivity contribution in [3.8, 4) is 0 Å². The standard InChI is InChI=1S/C27H29N5O3S2/c1-19-6-8-20(9-7-19)18-32-26(34)22(37-27(32)36)17-21-24(28-10-4-11-30-13-15-35-16-14-30)29-23-5-2-3-12-31(23)25(21)33/h2-3,5-9,12,17,28H,4,10-11,13-16,18H2,1H3/b22-17-. The van der Waals surface area contributed by atoms with E-state index in [2.05, 4.69) is 10.2 Å². The van der Waals surface area contributed by atoms with Crippen LogP contribution in [0.15, 0.2) is 58.4 Å². The zero-order valence-electron chi connectivity index (χ0n) is 20.7. The molecule has 0 radical (unpaired) electrons. The van der Waals surface area contributed by atoms with Gasteiger partial charge in [0.1, 0.15) is 15.8 Å². The first-order valence-electron chi connectivity index (χ1n) is 12.4. The van der Waals surface area contributed by atoms with Crippen LogP contribution in [-0.4, -0.2) is 68.8 Å². The quantitative estimate of drug-likeness (QED) is 0.267. The number of benzene rings is 1. The van der Waals surface area contributed by atoms with Crippen LogP contribution in [-0.2, 0) is 16.1 Å². The SMILES string of the molecule is Cc1ccc(CN2C(=O)/C(=C/c3c(NCCCN4CCOCC4)nc4ccccn4c3=O)SC2=S)cc1. The van der Waals surface area contributed by atoms with Gasteiger partial charge in [0.25, 0.3) is 11.5 Å². The molecule has 1 amide bonds. The average Bonchev–Trinajstić information content (AvgIpc) is 3.17. The Balaban J connectivity index is 1.38. The number of ether oxygens (including phenoxy) is 1. The van der Waals surface area contributed by atoms with Crippen molar-refractivity contribution < 1.29 is 9.53 Å². The summed E-state index contributed by atoms with van der Waals surface area (Å²) < 4.78 is 7.39. The highest BCUT2D eigenvalue weighted by Crippen LogP contribution is 2.34. The molecule has 1 aromatic carbocycles. The van der Waals surface area contributed by atoms with Gasteiger partial charge < -0.3 is 10.1 Å². The van der Waals surface area contributed by atoms with Gasteiger partial charge in [-0.3, -0.25) is 23.8 Å². The monoisotopic (exact) mass is 535 g/mol. The van der Waals surface area contributed by atoms with E-state index in [4.69, 9.17) is 21.9 Å². The van der Waals surface area contributed by atoms with Crippen LogP contribution in [0.25, 0.3) is 11.7 Å². The minimum Gasteiger partial charge on any atom is -0.379 e. The second kappa shape index (κ2) is 11.6. The van der Waals surface area contributed by atoms with Crippen molar-refractivity contribution in [2.45, 2.75) is 19.9 Å². The number of amides is 1. The molecular formula is C27H29N5O3S2. The van der Waals surface area contributed by atoms with Crippen LogP contribution in [0, 0.1) is 6.92 Å². The molecule has 10 heteroatoms. The molecule has 2 aliphatic rings. The van der Waals surface area contributed by atoms with E-state index in [-0.39, 0.29) is 11.5 Å². The molecule has 2 fully saturated rings. The minimum atomic E-state index is -0.231. The Morgan fingerprint density at radius 3 is 2.70 bits per heavy atom. The third-order valence-electron chi connectivity index (χ3n) is 6.43. The summed E-state index contributed by atoms with van der Waals surface area (Å²) in [5.41, 5.74) is 2.82. The summed E-state index contributed by atoms with van der Waals surface area (Å²) in [6.07, 6.45) is 4.22. The molecule has 4 heterocycles. The first-order valence-corrected chi connectivity index (χ1v) is 13.6. The summed E-state index contributed by atoms with van der Waals surface area (Å²) in [5.74, 6) is 0.272. The summed E-state index contributed by atoms with van der Waals surface area (Å²) in [7, 11) is 0. The van der Waals surface area contributed by atoms with E-state index in [1.807, 2.05) is 37.3 Å². The highest BCUT2D eigenvalue weighted by molar-refractivity contribution is 8.26. The zero-order chi connectivity index (χ0) is 25.8. The summed E-state index contributed by atoms with van der Waals surface area (Å²) >= 11 is 6.74. The van der Waals surface area contributed by atoms with Crippen molar-refractivity contribution >= 4 is 51.7 Å². The molecule has 2 aromatic heterocycles. The summed E-state index contributed by atoms with van der Waals surface area (Å²) in [5, 5.41) is 3.35. The van der Waals surface area contributed by atoms with Crippen LogP contribution in [0.3, 0.4) is 0 Å². The Kier molecular flexibility index (Phi) is 7.99. The minimum absolute atomic E-state index is 0.202. The number of carbonyl (C=O) groups is 1. The van der Waals surface area contributed by atoms with Crippen LogP contribution >= 0.6 is 24.0 Å². The number of nitrogens with one attached hydrogen (secondary N) is 1. The number of anilines is 1. The number of hydrogen-bond acceptors (Lipinski definition) is 8. The number of thiocarbonyl (C=S) groups is 1. The number of carbonyl (C=O) groups excluding carboxylic acids is 1. The van der Waals surface area contributed by atoms with E-state index in [0.29, 0.717) is 39.3 Å². The second-order valence-electron chi connectivity index (χ2n) is 9.10. The molecule has 0 atom stereocenters. The van der Waals surface area contributed by atoms with Gasteiger partial charge in [0, 0.05) is 25.8 Å². The van der Waals surface area contributed by atoms with Crippen LogP contribution in [0.4, 0.5) is 5.82 Å². The lowest BCUT2D eigenvalue weighted by molar-refractivity contribution is -0.122. The molecule has 0 saturated carbocycles. The van der Waals surface area contributed by atoms with Gasteiger partial charge in [-0.15, -0.1) is 0 Å². The maximum atomic E-state index is 13.5. The van der Waals surface area contributed by atoms with Gasteiger partial charge in [-0.25, -0.2) is 4.98 Å². The molecule has 0 aliphatic carbocycles. The normalized spacial score (nSPS) is 17.8. The number of nitrogens with zero attached hydrogens (tertiary/aromatic N) is 4. The molecule has 2 saturated heterocycles. The summed E-state index contributed by atoms with van der Waals surface area (Å²) in [6.45, 7) is 7.42. The topological polar surface area (TPSA) is 79.2 Å². The predicted molar refractivity (Wildman–Crippen MR) is 152 cm³/mol. The molecule has 5 rings (SSSR count). The highest BCUT2D eigenvalue weighted by Gasteiger charge is 2.32. The van der Waals surface area contributed by atoms with E-state index in [9.17, 15) is 9.59 Å². The molecule has 1 N–H and O–H groups in total. The van der Waals surface area contributed by atoms with Crippen molar-refractivity contribution in [1.29, 1.82) is 0 Å². The van der Waals surface area contributed by atoms with E-state index < -0.39 is 0 Å². The lowest BCUT2D eigenvalue weighted by Gasteiger charge is -2.26. The molecule has 2 aliphatic heterocycles. The third-order valence-corrected chi connectivity index (χ3v) is 7.80. The third kappa shape index (κ3) is 5.93. The van der Waals surface area contributed by atoms with Gasteiger partial charge in [-0.1, -0.05) is 59.9 Å². The Hall–Kier alpha value is -3.05. The molecule has 192 valence electrons. The molecule has 37 heavy (non-hydrogen) atoms. The number of pyridine rings is 1. The fourth-order valence-electron chi connectivity index (χ4n) is 4.35. The van der Waals surface area contributed by atoms with Crippen LogP contribution < -0.4 is 10.9 Å². The van der Waals surface area contributed by atoms with Crippen molar-refractivity contribution in [2.24, 2.45) is 0 Å². The van der Waals surface area contributed by atoms with Crippen molar-refractivity contribution in [3.05, 3.63) is 80.6 Å². The first kappa shape index (κ1) is 25.6. The zero-order valence-corrected chi connectivity index (χ0v) is 22.3. The van der Waals surface area contributed by atoms with E-state index in [1.54, 1.807) is 29.3 Å². The molecule has 8 nitrogen and oxygen atoms in total. The van der Waals surface area contributed by atoms with Crippen molar-refractivity contribution in [2.75, 3.05) is 44.7 Å². The smallest absolute Gasteiger partial charge is 0.267 e. The highest BCUT2D eigenvalue weighted by atomic mass is 32.2. The van der Waals surface area contributed by atoms with Crippen molar-refractivity contribution in [1.82, 2.24) is 19.2 Å². The Morgan fingerprint density at radius 1 is 1.14 bits per heavy atom. The first-order chi connectivity index (χ1) is 18.0. The Labute approximate surface area is 225 Å². The van der Waals surface area contributed by atoms with E-state index in [0.717, 1.165) is 50.4 Å². The number of aryl methyl sites for hydroxylation is 1. The number of rotatable bonds is 8. The predicted octanol–water partition coefficient (Wildman–Crippen LogP) is 3.54. The number of thioether (sulfide) groups is 1. The van der Waals surface area contributed by atoms with E-state index in [1.165, 1.54) is 16.2 Å². The molecular weight excluding hydrogens is 506 g/mol. The van der Waals surface area contributed by atoms with Crippen LogP contribution in [0.5, 0.6) is 0 Å². The van der Waals surface area contributed by atoms with E-state index >= 15 is 0 Å². The van der Waals surface area contributed by atoms with Gasteiger partial charge >= 0.3 is 0 Å². The lowest BCUT2D eigenvalue weighted by Crippen LogP contribution is -2.37. The van der Waals surface area contributed by atoms with Gasteiger partial charge in [0.2, 0.25) is 0 Å². The second-order valence-corrected chi connectivity index (χ2v) is 10.8. The number of aromatic nitrogens is 2. The maximum absolute atomic E-state index is 13.5. The molecule has 0 bridgehead atoms. The Morgan fingerprint density at radius 2 is 1.92 bits per heavy atom. The van der Waals surface area contributed by atoms with Gasteiger partial charge in [0.15, 0.2) is 0 Å². The molecule has 0 spiro atoms. The largest absolute Gasteiger partial charge is 0.379 e. The molecule has 0 unspecified atom stereocenters. The average molecular weight is 536 g/mol. The molecule has 3 aromatic rings. The lowest BCUT2D eigenvalue weighted by atomic mass is 10.1. The van der Waals surface area contributed by atoms with Crippen molar-refractivity contribution in [3.63, 3.8) is 0 Å². The number of morpholine rings is 1.